The van der Waals surface area contributed by atoms with Crippen LogP contribution in [-0.2, 0) is 4.74 Å². The first kappa shape index (κ1) is 8.78. The van der Waals surface area contributed by atoms with E-state index in [4.69, 9.17) is 17.0 Å². The second kappa shape index (κ2) is 2.63. The fraction of sp³-hybridized carbons (Fsp3) is 0.875. The second-order valence-corrected chi connectivity index (χ2v) is 4.12. The van der Waals surface area contributed by atoms with E-state index in [1.165, 1.54) is 0 Å². The van der Waals surface area contributed by atoms with Crippen molar-refractivity contribution in [2.24, 2.45) is 5.92 Å². The molecule has 1 aliphatic heterocycles. The minimum atomic E-state index is 0.0642. The van der Waals surface area contributed by atoms with Crippen LogP contribution in [0, 0.1) is 5.92 Å². The SMILES string of the molecule is C[C@@H]1[C@@H](C)OC(=S)NC1(C)C. The highest BCUT2D eigenvalue weighted by Crippen LogP contribution is 2.25. The van der Waals surface area contributed by atoms with Gasteiger partial charge >= 0.3 is 0 Å². The average molecular weight is 173 g/mol. The summed E-state index contributed by atoms with van der Waals surface area (Å²) in [6.07, 6.45) is 0.221. The Labute approximate surface area is 73.3 Å². The largest absolute Gasteiger partial charge is 0.468 e. The highest BCUT2D eigenvalue weighted by molar-refractivity contribution is 7.80. The van der Waals surface area contributed by atoms with Crippen molar-refractivity contribution in [3.05, 3.63) is 0 Å². The molecule has 2 nitrogen and oxygen atoms in total. The van der Waals surface area contributed by atoms with Crippen molar-refractivity contribution in [2.45, 2.75) is 39.3 Å². The minimum absolute atomic E-state index is 0.0642. The Kier molecular flexibility index (Phi) is 2.10. The molecule has 0 amide bonds. The Hall–Kier alpha value is -0.310. The third kappa shape index (κ3) is 1.64. The monoisotopic (exact) mass is 173 g/mol. The molecule has 1 fully saturated rings. The van der Waals surface area contributed by atoms with Gasteiger partial charge in [0.05, 0.1) is 0 Å². The van der Waals surface area contributed by atoms with Crippen LogP contribution in [0.2, 0.25) is 0 Å². The number of hydrogen-bond donors (Lipinski definition) is 1. The van der Waals surface area contributed by atoms with Gasteiger partial charge in [0, 0.05) is 11.5 Å². The van der Waals surface area contributed by atoms with E-state index in [2.05, 4.69) is 33.0 Å². The number of hydrogen-bond acceptors (Lipinski definition) is 2. The van der Waals surface area contributed by atoms with Crippen molar-refractivity contribution in [1.29, 1.82) is 0 Å². The van der Waals surface area contributed by atoms with Gasteiger partial charge in [-0.15, -0.1) is 0 Å². The van der Waals surface area contributed by atoms with Gasteiger partial charge in [-0.05, 0) is 33.0 Å². The number of thiocarbonyl (C=S) groups is 1. The molecule has 0 aromatic carbocycles. The van der Waals surface area contributed by atoms with Crippen LogP contribution in [-0.4, -0.2) is 16.8 Å². The molecule has 64 valence electrons. The summed E-state index contributed by atoms with van der Waals surface area (Å²) in [5.41, 5.74) is 0.0642. The van der Waals surface area contributed by atoms with Gasteiger partial charge in [0.2, 0.25) is 0 Å². The third-order valence-electron chi connectivity index (χ3n) is 2.56. The quantitative estimate of drug-likeness (QED) is 0.563. The van der Waals surface area contributed by atoms with Crippen molar-refractivity contribution in [2.75, 3.05) is 0 Å². The molecule has 1 N–H and O–H groups in total. The van der Waals surface area contributed by atoms with E-state index in [1.54, 1.807) is 0 Å². The molecule has 1 rings (SSSR count). The molecule has 2 atom stereocenters. The van der Waals surface area contributed by atoms with Gasteiger partial charge in [-0.3, -0.25) is 0 Å². The van der Waals surface area contributed by atoms with Gasteiger partial charge in [0.25, 0.3) is 5.17 Å². The number of rotatable bonds is 0. The van der Waals surface area contributed by atoms with Crippen LogP contribution in [0.25, 0.3) is 0 Å². The molecule has 11 heavy (non-hydrogen) atoms. The van der Waals surface area contributed by atoms with E-state index in [9.17, 15) is 0 Å². The predicted molar refractivity (Wildman–Crippen MR) is 49.5 cm³/mol. The summed E-state index contributed by atoms with van der Waals surface area (Å²) >= 11 is 4.95. The third-order valence-corrected chi connectivity index (χ3v) is 2.76. The maximum Gasteiger partial charge on any atom is 0.257 e. The van der Waals surface area contributed by atoms with E-state index in [-0.39, 0.29) is 11.6 Å². The van der Waals surface area contributed by atoms with Crippen LogP contribution in [0.5, 0.6) is 0 Å². The summed E-state index contributed by atoms with van der Waals surface area (Å²) in [6.45, 7) is 8.50. The first-order valence-corrected chi connectivity index (χ1v) is 4.33. The molecule has 3 heteroatoms. The zero-order chi connectivity index (χ0) is 8.65. The smallest absolute Gasteiger partial charge is 0.257 e. The Morgan fingerprint density at radius 3 is 2.45 bits per heavy atom. The molecule has 1 aliphatic rings. The topological polar surface area (TPSA) is 21.3 Å². The van der Waals surface area contributed by atoms with Crippen molar-refractivity contribution >= 4 is 17.4 Å². The highest BCUT2D eigenvalue weighted by Gasteiger charge is 2.36. The molecule has 0 aromatic heterocycles. The van der Waals surface area contributed by atoms with Crippen LogP contribution >= 0.6 is 12.2 Å². The fourth-order valence-corrected chi connectivity index (χ4v) is 1.68. The first-order valence-electron chi connectivity index (χ1n) is 3.92. The summed E-state index contributed by atoms with van der Waals surface area (Å²) in [4.78, 5) is 0. The molecule has 0 saturated carbocycles. The summed E-state index contributed by atoms with van der Waals surface area (Å²) < 4.78 is 5.35. The molecule has 0 aliphatic carbocycles. The first-order chi connectivity index (χ1) is 4.93. The van der Waals surface area contributed by atoms with E-state index in [0.29, 0.717) is 11.1 Å². The minimum Gasteiger partial charge on any atom is -0.468 e. The molecule has 0 bridgehead atoms. The van der Waals surface area contributed by atoms with Gasteiger partial charge < -0.3 is 10.1 Å². The Bertz CT molecular complexity index is 179. The van der Waals surface area contributed by atoms with Gasteiger partial charge in [-0.2, -0.15) is 0 Å². The van der Waals surface area contributed by atoms with Gasteiger partial charge in [0.1, 0.15) is 6.10 Å². The van der Waals surface area contributed by atoms with Crippen molar-refractivity contribution in [1.82, 2.24) is 5.32 Å². The van der Waals surface area contributed by atoms with Gasteiger partial charge in [-0.1, -0.05) is 6.92 Å². The maximum atomic E-state index is 5.35. The normalized spacial score (nSPS) is 35.8. The Morgan fingerprint density at radius 2 is 2.00 bits per heavy atom. The lowest BCUT2D eigenvalue weighted by Gasteiger charge is -2.42. The zero-order valence-electron chi connectivity index (χ0n) is 7.47. The summed E-state index contributed by atoms with van der Waals surface area (Å²) in [5, 5.41) is 3.67. The van der Waals surface area contributed by atoms with E-state index >= 15 is 0 Å². The standard InChI is InChI=1S/C8H15NOS/c1-5-6(2)10-7(11)9-8(5,3)4/h5-6H,1-4H3,(H,9,11)/t5-,6-/m1/s1. The lowest BCUT2D eigenvalue weighted by molar-refractivity contribution is 0.0585. The summed E-state index contributed by atoms with van der Waals surface area (Å²) in [6, 6.07) is 0. The molecule has 1 saturated heterocycles. The van der Waals surface area contributed by atoms with Crippen LogP contribution < -0.4 is 5.32 Å². The van der Waals surface area contributed by atoms with Crippen LogP contribution in [0.4, 0.5) is 0 Å². The average Bonchev–Trinajstić information content (AvgIpc) is 1.81. The number of nitrogens with one attached hydrogen (secondary N) is 1. The van der Waals surface area contributed by atoms with Gasteiger partial charge in [-0.25, -0.2) is 0 Å². The molecule has 0 aromatic rings. The zero-order valence-corrected chi connectivity index (χ0v) is 8.29. The van der Waals surface area contributed by atoms with Crippen molar-refractivity contribution < 1.29 is 4.74 Å². The lowest BCUT2D eigenvalue weighted by atomic mass is 9.84. The second-order valence-electron chi connectivity index (χ2n) is 3.75. The van der Waals surface area contributed by atoms with E-state index < -0.39 is 0 Å². The molecular formula is C8H15NOS. The molecule has 0 spiro atoms. The van der Waals surface area contributed by atoms with E-state index in [1.807, 2.05) is 0 Å². The van der Waals surface area contributed by atoms with Crippen molar-refractivity contribution in [3.8, 4) is 0 Å². The predicted octanol–water partition coefficient (Wildman–Crippen LogP) is 1.69. The van der Waals surface area contributed by atoms with Crippen molar-refractivity contribution in [3.63, 3.8) is 0 Å². The molecular weight excluding hydrogens is 158 g/mol. The Balaban J connectivity index is 2.75. The highest BCUT2D eigenvalue weighted by atomic mass is 32.1. The summed E-state index contributed by atoms with van der Waals surface area (Å²) in [7, 11) is 0. The Morgan fingerprint density at radius 1 is 1.45 bits per heavy atom. The number of ether oxygens (including phenoxy) is 1. The molecule has 0 radical (unpaired) electrons. The fourth-order valence-electron chi connectivity index (χ4n) is 1.26. The van der Waals surface area contributed by atoms with Gasteiger partial charge in [0.15, 0.2) is 0 Å². The van der Waals surface area contributed by atoms with E-state index in [0.717, 1.165) is 0 Å². The van der Waals surface area contributed by atoms with Crippen LogP contribution in [0.3, 0.4) is 0 Å². The van der Waals surface area contributed by atoms with Crippen LogP contribution in [0.15, 0.2) is 0 Å². The summed E-state index contributed by atoms with van der Waals surface area (Å²) in [5.74, 6) is 0.481. The lowest BCUT2D eigenvalue weighted by Crippen LogP contribution is -2.57. The molecule has 1 heterocycles. The maximum absolute atomic E-state index is 5.35. The van der Waals surface area contributed by atoms with Crippen LogP contribution in [0.1, 0.15) is 27.7 Å². The molecule has 0 unspecified atom stereocenters.